The number of hydrogen-bond donors (Lipinski definition) is 0. The van der Waals surface area contributed by atoms with Crippen LogP contribution < -0.4 is 0 Å². The molecule has 1 aromatic heterocycles. The van der Waals surface area contributed by atoms with Gasteiger partial charge in [0.1, 0.15) is 12.6 Å². The molecule has 1 aromatic carbocycles. The molecule has 0 aliphatic carbocycles. The second-order valence-electron chi connectivity index (χ2n) is 6.23. The van der Waals surface area contributed by atoms with Crippen molar-refractivity contribution in [1.82, 2.24) is 9.47 Å². The Morgan fingerprint density at radius 1 is 1.27 bits per heavy atom. The number of piperidine rings is 1. The Kier molecular flexibility index (Phi) is 3.89. The van der Waals surface area contributed by atoms with Crippen molar-refractivity contribution in [2.24, 2.45) is 0 Å². The number of nitrogens with zero attached hydrogens (tertiary/aromatic N) is 3. The number of amides is 1. The third-order valence-electron chi connectivity index (χ3n) is 4.70. The van der Waals surface area contributed by atoms with Gasteiger partial charge in [-0.3, -0.25) is 4.79 Å². The fourth-order valence-electron chi connectivity index (χ4n) is 3.61. The van der Waals surface area contributed by atoms with E-state index in [0.29, 0.717) is 24.2 Å². The van der Waals surface area contributed by atoms with E-state index in [1.165, 1.54) is 6.42 Å². The maximum absolute atomic E-state index is 12.8. The minimum absolute atomic E-state index is 0.143. The molecule has 2 atom stereocenters. The third-order valence-corrected chi connectivity index (χ3v) is 4.70. The first-order chi connectivity index (χ1) is 10.6. The first-order valence-corrected chi connectivity index (χ1v) is 7.91. The van der Waals surface area contributed by atoms with E-state index >= 15 is 0 Å². The van der Waals surface area contributed by atoms with Crippen LogP contribution in [-0.4, -0.2) is 27.5 Å². The molecule has 1 saturated heterocycles. The van der Waals surface area contributed by atoms with E-state index in [9.17, 15) is 10.1 Å². The van der Waals surface area contributed by atoms with Crippen LogP contribution >= 0.6 is 0 Å². The Bertz CT molecular complexity index is 730. The molecule has 1 amide bonds. The van der Waals surface area contributed by atoms with Crippen molar-refractivity contribution in [2.75, 3.05) is 0 Å². The molecule has 1 aliphatic heterocycles. The number of carbonyl (C=O) groups excluding carboxylic acids is 1. The van der Waals surface area contributed by atoms with Gasteiger partial charge in [0.2, 0.25) is 5.91 Å². The first-order valence-electron chi connectivity index (χ1n) is 7.91. The summed E-state index contributed by atoms with van der Waals surface area (Å²) in [6.07, 6.45) is 5.14. The van der Waals surface area contributed by atoms with Gasteiger partial charge in [-0.2, -0.15) is 5.26 Å². The van der Waals surface area contributed by atoms with Crippen LogP contribution in [0.15, 0.2) is 30.5 Å². The molecule has 4 heteroatoms. The molecule has 0 radical (unpaired) electrons. The highest BCUT2D eigenvalue weighted by Gasteiger charge is 2.29. The Balaban J connectivity index is 1.90. The molecule has 2 heterocycles. The molecule has 3 rings (SSSR count). The molecule has 0 saturated carbocycles. The summed E-state index contributed by atoms with van der Waals surface area (Å²) < 4.78 is 1.91. The van der Waals surface area contributed by atoms with Gasteiger partial charge in [-0.15, -0.1) is 0 Å². The highest BCUT2D eigenvalue weighted by atomic mass is 16.2. The predicted octanol–water partition coefficient (Wildman–Crippen LogP) is 3.30. The van der Waals surface area contributed by atoms with Gasteiger partial charge in [0.15, 0.2) is 0 Å². The number of rotatable bonds is 2. The quantitative estimate of drug-likeness (QED) is 0.853. The van der Waals surface area contributed by atoms with Crippen molar-refractivity contribution in [3.05, 3.63) is 36.0 Å². The summed E-state index contributed by atoms with van der Waals surface area (Å²) in [5.74, 6) is 0.143. The number of fused-ring (bicyclic) bond motifs is 1. The molecule has 0 bridgehead atoms. The molecule has 0 N–H and O–H groups in total. The monoisotopic (exact) mass is 295 g/mol. The molecule has 2 aromatic rings. The van der Waals surface area contributed by atoms with Crippen LogP contribution in [0.1, 0.15) is 38.7 Å². The van der Waals surface area contributed by atoms with E-state index < -0.39 is 0 Å². The average molecular weight is 295 g/mol. The van der Waals surface area contributed by atoms with Crippen molar-refractivity contribution in [3.8, 4) is 6.07 Å². The van der Waals surface area contributed by atoms with E-state index in [-0.39, 0.29) is 5.91 Å². The highest BCUT2D eigenvalue weighted by Crippen LogP contribution is 2.25. The molecule has 1 fully saturated rings. The van der Waals surface area contributed by atoms with Crippen molar-refractivity contribution < 1.29 is 4.79 Å². The molecule has 1 aliphatic rings. The number of benzene rings is 1. The number of carbonyl (C=O) groups is 1. The molecular weight excluding hydrogens is 274 g/mol. The van der Waals surface area contributed by atoms with E-state index in [1.807, 2.05) is 33.7 Å². The van der Waals surface area contributed by atoms with Gasteiger partial charge in [0, 0.05) is 29.2 Å². The zero-order valence-electron chi connectivity index (χ0n) is 13.1. The van der Waals surface area contributed by atoms with Gasteiger partial charge in [0.25, 0.3) is 0 Å². The van der Waals surface area contributed by atoms with Crippen LogP contribution in [0.2, 0.25) is 0 Å². The summed E-state index contributed by atoms with van der Waals surface area (Å²) in [5.41, 5.74) is 1.58. The summed E-state index contributed by atoms with van der Waals surface area (Å²) in [6, 6.07) is 10.6. The predicted molar refractivity (Wildman–Crippen MR) is 86.3 cm³/mol. The largest absolute Gasteiger partial charge is 0.337 e. The second-order valence-corrected chi connectivity index (χ2v) is 6.23. The number of likely N-dealkylation sites (tertiary alicyclic amines) is 1. The Hall–Kier alpha value is -2.28. The fourth-order valence-corrected chi connectivity index (χ4v) is 3.61. The van der Waals surface area contributed by atoms with Gasteiger partial charge < -0.3 is 9.47 Å². The molecular formula is C18H21N3O. The number of aromatic nitrogens is 1. The lowest BCUT2D eigenvalue weighted by Gasteiger charge is -2.39. The maximum Gasteiger partial charge on any atom is 0.242 e. The van der Waals surface area contributed by atoms with Crippen LogP contribution in [0.3, 0.4) is 0 Å². The normalized spacial score (nSPS) is 21.8. The Morgan fingerprint density at radius 2 is 1.95 bits per heavy atom. The van der Waals surface area contributed by atoms with Gasteiger partial charge >= 0.3 is 0 Å². The molecule has 0 spiro atoms. The lowest BCUT2D eigenvalue weighted by molar-refractivity contribution is -0.137. The van der Waals surface area contributed by atoms with Gasteiger partial charge in [-0.25, -0.2) is 0 Å². The van der Waals surface area contributed by atoms with Gasteiger partial charge in [-0.05, 0) is 39.2 Å². The summed E-state index contributed by atoms with van der Waals surface area (Å²) in [4.78, 5) is 14.8. The molecule has 114 valence electrons. The first kappa shape index (κ1) is 14.6. The van der Waals surface area contributed by atoms with E-state index in [4.69, 9.17) is 0 Å². The van der Waals surface area contributed by atoms with Crippen LogP contribution in [-0.2, 0) is 11.3 Å². The topological polar surface area (TPSA) is 49.0 Å². The van der Waals surface area contributed by atoms with E-state index in [0.717, 1.165) is 23.7 Å². The second kappa shape index (κ2) is 5.84. The van der Waals surface area contributed by atoms with Crippen LogP contribution in [0.4, 0.5) is 0 Å². The van der Waals surface area contributed by atoms with Crippen molar-refractivity contribution in [3.63, 3.8) is 0 Å². The molecule has 4 nitrogen and oxygen atoms in total. The summed E-state index contributed by atoms with van der Waals surface area (Å²) in [5, 5.41) is 10.2. The van der Waals surface area contributed by atoms with Crippen LogP contribution in [0.25, 0.3) is 10.9 Å². The van der Waals surface area contributed by atoms with Gasteiger partial charge in [-0.1, -0.05) is 18.2 Å². The standard InChI is InChI=1S/C18H21N3O/c1-13-6-5-7-14(2)21(13)18(22)12-20-11-15(10-19)16-8-3-4-9-17(16)20/h3-4,8-9,11,13-14H,5-7,12H2,1-2H3/t13-,14-/m1/s1. The minimum Gasteiger partial charge on any atom is -0.337 e. The number of para-hydroxylation sites is 1. The highest BCUT2D eigenvalue weighted by molar-refractivity contribution is 5.88. The van der Waals surface area contributed by atoms with Gasteiger partial charge in [0.05, 0.1) is 5.56 Å². The molecule has 22 heavy (non-hydrogen) atoms. The number of nitriles is 1. The van der Waals surface area contributed by atoms with Crippen molar-refractivity contribution in [2.45, 2.75) is 51.7 Å². The van der Waals surface area contributed by atoms with Crippen molar-refractivity contribution >= 4 is 16.8 Å². The number of hydrogen-bond acceptors (Lipinski definition) is 2. The van der Waals surface area contributed by atoms with Crippen molar-refractivity contribution in [1.29, 1.82) is 5.26 Å². The Morgan fingerprint density at radius 3 is 2.64 bits per heavy atom. The zero-order valence-corrected chi connectivity index (χ0v) is 13.1. The summed E-state index contributed by atoms with van der Waals surface area (Å²) >= 11 is 0. The SMILES string of the molecule is C[C@@H]1CCC[C@@H](C)N1C(=O)Cn1cc(C#N)c2ccccc21. The lowest BCUT2D eigenvalue weighted by atomic mass is 9.97. The fraction of sp³-hybridized carbons (Fsp3) is 0.444. The van der Waals surface area contributed by atoms with E-state index in [2.05, 4.69) is 19.9 Å². The minimum atomic E-state index is 0.143. The summed E-state index contributed by atoms with van der Waals surface area (Å²) in [7, 11) is 0. The van der Waals surface area contributed by atoms with E-state index in [1.54, 1.807) is 6.20 Å². The average Bonchev–Trinajstić information content (AvgIpc) is 2.85. The smallest absolute Gasteiger partial charge is 0.242 e. The molecule has 0 unspecified atom stereocenters. The zero-order chi connectivity index (χ0) is 15.7. The maximum atomic E-state index is 12.8. The van der Waals surface area contributed by atoms with Crippen LogP contribution in [0, 0.1) is 11.3 Å². The third kappa shape index (κ3) is 2.48. The summed E-state index contributed by atoms with van der Waals surface area (Å²) in [6.45, 7) is 4.56. The Labute approximate surface area is 130 Å². The van der Waals surface area contributed by atoms with Crippen LogP contribution in [0.5, 0.6) is 0 Å². The lowest BCUT2D eigenvalue weighted by Crippen LogP contribution is -2.48.